The predicted octanol–water partition coefficient (Wildman–Crippen LogP) is 5.21. The van der Waals surface area contributed by atoms with Gasteiger partial charge in [-0.2, -0.15) is 4.89 Å². The molecule has 4 nitrogen and oxygen atoms in total. The zero-order chi connectivity index (χ0) is 20.2. The number of aliphatic carboxylic acids is 1. The normalized spacial score (nSPS) is 11.8. The Kier molecular flexibility index (Phi) is 5.52. The van der Waals surface area contributed by atoms with Crippen LogP contribution < -0.4 is 4.89 Å². The van der Waals surface area contributed by atoms with Crippen LogP contribution in [0.4, 0.5) is 0 Å². The third-order valence-electron chi connectivity index (χ3n) is 4.41. The Labute approximate surface area is 165 Å². The number of para-hydroxylation sites is 1. The summed E-state index contributed by atoms with van der Waals surface area (Å²) in [5, 5.41) is 10.5. The average molecular weight is 376 g/mol. The standard InChI is InChI=1S/C24H24O4/c1-23(2,3)28-27-21-17-11-10-16-20(21)24(22(25)26,18-12-6-4-7-13-18)19-14-8-5-9-15-19/h4-17H,1-3H3,(H,25,26). The van der Waals surface area contributed by atoms with E-state index in [-0.39, 0.29) is 0 Å². The Morgan fingerprint density at radius 1 is 0.750 bits per heavy atom. The highest BCUT2D eigenvalue weighted by Crippen LogP contribution is 2.43. The molecule has 0 saturated heterocycles. The molecule has 1 N–H and O–H groups in total. The van der Waals surface area contributed by atoms with Crippen LogP contribution >= 0.6 is 0 Å². The fourth-order valence-corrected chi connectivity index (χ4v) is 3.24. The van der Waals surface area contributed by atoms with E-state index in [0.29, 0.717) is 22.4 Å². The van der Waals surface area contributed by atoms with Crippen molar-refractivity contribution in [1.29, 1.82) is 0 Å². The smallest absolute Gasteiger partial charge is 0.323 e. The highest BCUT2D eigenvalue weighted by Gasteiger charge is 2.46. The van der Waals surface area contributed by atoms with Crippen LogP contribution in [0.2, 0.25) is 0 Å². The van der Waals surface area contributed by atoms with Crippen molar-refractivity contribution in [3.05, 3.63) is 102 Å². The summed E-state index contributed by atoms with van der Waals surface area (Å²) in [5.74, 6) is -0.621. The molecule has 0 amide bonds. The molecule has 0 aliphatic rings. The van der Waals surface area contributed by atoms with E-state index < -0.39 is 17.0 Å². The Morgan fingerprint density at radius 2 is 1.21 bits per heavy atom. The molecule has 4 heteroatoms. The van der Waals surface area contributed by atoms with E-state index in [1.807, 2.05) is 87.5 Å². The minimum absolute atomic E-state index is 0.368. The van der Waals surface area contributed by atoms with Crippen LogP contribution in [0, 0.1) is 0 Å². The summed E-state index contributed by atoms with van der Waals surface area (Å²) in [6.07, 6.45) is 0. The van der Waals surface area contributed by atoms with Crippen molar-refractivity contribution in [1.82, 2.24) is 0 Å². The molecular formula is C24H24O4. The fourth-order valence-electron chi connectivity index (χ4n) is 3.24. The van der Waals surface area contributed by atoms with Gasteiger partial charge in [-0.3, -0.25) is 4.79 Å². The van der Waals surface area contributed by atoms with Crippen molar-refractivity contribution in [3.63, 3.8) is 0 Å². The lowest BCUT2D eigenvalue weighted by Gasteiger charge is -2.32. The highest BCUT2D eigenvalue weighted by molar-refractivity contribution is 5.91. The Hall–Kier alpha value is -3.11. The number of rotatable bonds is 6. The summed E-state index contributed by atoms with van der Waals surface area (Å²) >= 11 is 0. The summed E-state index contributed by atoms with van der Waals surface area (Å²) in [5.41, 5.74) is -0.205. The topological polar surface area (TPSA) is 55.8 Å². The van der Waals surface area contributed by atoms with Gasteiger partial charge in [-0.1, -0.05) is 78.9 Å². The van der Waals surface area contributed by atoms with Gasteiger partial charge in [0.1, 0.15) is 11.0 Å². The third-order valence-corrected chi connectivity index (χ3v) is 4.41. The van der Waals surface area contributed by atoms with Gasteiger partial charge < -0.3 is 9.99 Å². The van der Waals surface area contributed by atoms with Crippen molar-refractivity contribution >= 4 is 5.97 Å². The minimum Gasteiger partial charge on any atom is -0.480 e. The molecule has 144 valence electrons. The van der Waals surface area contributed by atoms with Gasteiger partial charge >= 0.3 is 5.97 Å². The molecule has 0 aliphatic heterocycles. The van der Waals surface area contributed by atoms with E-state index in [1.165, 1.54) is 0 Å². The summed E-state index contributed by atoms with van der Waals surface area (Å²) in [4.78, 5) is 24.0. The van der Waals surface area contributed by atoms with E-state index in [1.54, 1.807) is 18.2 Å². The van der Waals surface area contributed by atoms with Crippen molar-refractivity contribution in [2.75, 3.05) is 0 Å². The zero-order valence-electron chi connectivity index (χ0n) is 16.3. The molecule has 0 atom stereocenters. The lowest BCUT2D eigenvalue weighted by molar-refractivity contribution is -0.275. The predicted molar refractivity (Wildman–Crippen MR) is 108 cm³/mol. The van der Waals surface area contributed by atoms with Crippen molar-refractivity contribution in [3.8, 4) is 5.75 Å². The second-order valence-corrected chi connectivity index (χ2v) is 7.56. The van der Waals surface area contributed by atoms with Crippen molar-refractivity contribution in [2.45, 2.75) is 31.8 Å². The van der Waals surface area contributed by atoms with Crippen LogP contribution in [0.3, 0.4) is 0 Å². The van der Waals surface area contributed by atoms with Crippen LogP contribution in [0.15, 0.2) is 84.9 Å². The quantitative estimate of drug-likeness (QED) is 0.364. The average Bonchev–Trinajstić information content (AvgIpc) is 2.69. The molecule has 0 radical (unpaired) electrons. The molecule has 0 aromatic heterocycles. The highest BCUT2D eigenvalue weighted by atomic mass is 17.2. The van der Waals surface area contributed by atoms with Crippen LogP contribution in [0.25, 0.3) is 0 Å². The zero-order valence-corrected chi connectivity index (χ0v) is 16.3. The molecule has 0 heterocycles. The van der Waals surface area contributed by atoms with E-state index in [9.17, 15) is 9.90 Å². The number of benzene rings is 3. The molecular weight excluding hydrogens is 352 g/mol. The number of carboxylic acids is 1. The Morgan fingerprint density at radius 3 is 1.68 bits per heavy atom. The van der Waals surface area contributed by atoms with Gasteiger partial charge in [0.05, 0.1) is 0 Å². The molecule has 0 fully saturated rings. The van der Waals surface area contributed by atoms with Crippen molar-refractivity contribution < 1.29 is 19.7 Å². The number of hydrogen-bond acceptors (Lipinski definition) is 3. The maximum atomic E-state index is 12.9. The summed E-state index contributed by atoms with van der Waals surface area (Å²) in [6.45, 7) is 5.61. The van der Waals surface area contributed by atoms with E-state index in [4.69, 9.17) is 9.78 Å². The first-order chi connectivity index (χ1) is 13.4. The second-order valence-electron chi connectivity index (χ2n) is 7.56. The SMILES string of the molecule is CC(C)(C)OOc1ccccc1C(C(=O)O)(c1ccccc1)c1ccccc1. The molecule has 3 aromatic carbocycles. The van der Waals surface area contributed by atoms with Crippen LogP contribution in [-0.4, -0.2) is 16.7 Å². The van der Waals surface area contributed by atoms with Gasteiger partial charge in [0.15, 0.2) is 5.75 Å². The van der Waals surface area contributed by atoms with Crippen LogP contribution in [0.5, 0.6) is 5.75 Å². The first kappa shape index (κ1) is 19.6. The van der Waals surface area contributed by atoms with Crippen molar-refractivity contribution in [2.24, 2.45) is 0 Å². The summed E-state index contributed by atoms with van der Waals surface area (Å²) in [6, 6.07) is 25.5. The molecule has 0 bridgehead atoms. The molecule has 0 unspecified atom stereocenters. The summed E-state index contributed by atoms with van der Waals surface area (Å²) < 4.78 is 0. The van der Waals surface area contributed by atoms with E-state index in [0.717, 1.165) is 0 Å². The Bertz CT molecular complexity index is 888. The van der Waals surface area contributed by atoms with Gasteiger partial charge in [-0.05, 0) is 38.0 Å². The van der Waals surface area contributed by atoms with Crippen LogP contribution in [0.1, 0.15) is 37.5 Å². The second kappa shape index (κ2) is 7.87. The van der Waals surface area contributed by atoms with Gasteiger partial charge in [-0.15, -0.1) is 0 Å². The van der Waals surface area contributed by atoms with E-state index >= 15 is 0 Å². The molecule has 28 heavy (non-hydrogen) atoms. The number of hydrogen-bond donors (Lipinski definition) is 1. The summed E-state index contributed by atoms with van der Waals surface area (Å²) in [7, 11) is 0. The monoisotopic (exact) mass is 376 g/mol. The van der Waals surface area contributed by atoms with Crippen LogP contribution in [-0.2, 0) is 15.1 Å². The maximum Gasteiger partial charge on any atom is 0.323 e. The number of carbonyl (C=O) groups is 1. The van der Waals surface area contributed by atoms with E-state index in [2.05, 4.69) is 0 Å². The lowest BCUT2D eigenvalue weighted by Crippen LogP contribution is -2.39. The maximum absolute atomic E-state index is 12.9. The number of carboxylic acid groups (broad SMARTS) is 1. The largest absolute Gasteiger partial charge is 0.480 e. The molecule has 0 spiro atoms. The first-order valence-electron chi connectivity index (χ1n) is 9.15. The third kappa shape index (κ3) is 3.78. The molecule has 0 aliphatic carbocycles. The molecule has 3 aromatic rings. The van der Waals surface area contributed by atoms with Gasteiger partial charge in [-0.25, -0.2) is 0 Å². The lowest BCUT2D eigenvalue weighted by atomic mass is 9.69. The molecule has 0 saturated carbocycles. The Balaban J connectivity index is 2.29. The van der Waals surface area contributed by atoms with Gasteiger partial charge in [0.2, 0.25) is 0 Å². The molecule has 3 rings (SSSR count). The first-order valence-corrected chi connectivity index (χ1v) is 9.15. The minimum atomic E-state index is -1.44. The van der Waals surface area contributed by atoms with Gasteiger partial charge in [0, 0.05) is 5.56 Å². The van der Waals surface area contributed by atoms with Gasteiger partial charge in [0.25, 0.3) is 0 Å². The fraction of sp³-hybridized carbons (Fsp3) is 0.208.